The summed E-state index contributed by atoms with van der Waals surface area (Å²) >= 11 is 0. The average molecular weight is 240 g/mol. The molecule has 0 aliphatic heterocycles. The van der Waals surface area contributed by atoms with Gasteiger partial charge in [0, 0.05) is 18.5 Å². The summed E-state index contributed by atoms with van der Waals surface area (Å²) in [4.78, 5) is 12.2. The fourth-order valence-corrected chi connectivity index (χ4v) is 2.66. The van der Waals surface area contributed by atoms with Gasteiger partial charge >= 0.3 is 0 Å². The second-order valence-corrected chi connectivity index (χ2v) is 5.74. The summed E-state index contributed by atoms with van der Waals surface area (Å²) in [5.41, 5.74) is -0.0288. The Morgan fingerprint density at radius 1 is 1.24 bits per heavy atom. The SMILES string of the molecule is CCCNCCNC(=O)C1(CC(C)C)CCC1. The highest BCUT2D eigenvalue weighted by Gasteiger charge is 2.43. The van der Waals surface area contributed by atoms with Crippen LogP contribution in [0.5, 0.6) is 0 Å². The quantitative estimate of drug-likeness (QED) is 0.639. The fraction of sp³-hybridized carbons (Fsp3) is 0.929. The van der Waals surface area contributed by atoms with Crippen molar-refractivity contribution in [3.05, 3.63) is 0 Å². The Balaban J connectivity index is 2.25. The number of amides is 1. The first-order valence-corrected chi connectivity index (χ1v) is 7.10. The van der Waals surface area contributed by atoms with Gasteiger partial charge in [0.15, 0.2) is 0 Å². The largest absolute Gasteiger partial charge is 0.354 e. The summed E-state index contributed by atoms with van der Waals surface area (Å²) in [5.74, 6) is 0.898. The number of nitrogens with one attached hydrogen (secondary N) is 2. The zero-order chi connectivity index (χ0) is 12.7. The topological polar surface area (TPSA) is 41.1 Å². The van der Waals surface area contributed by atoms with Gasteiger partial charge in [-0.15, -0.1) is 0 Å². The van der Waals surface area contributed by atoms with E-state index >= 15 is 0 Å². The maximum atomic E-state index is 12.2. The van der Waals surface area contributed by atoms with Crippen LogP contribution in [0, 0.1) is 11.3 Å². The first-order valence-electron chi connectivity index (χ1n) is 7.10. The van der Waals surface area contributed by atoms with Crippen LogP contribution >= 0.6 is 0 Å². The zero-order valence-electron chi connectivity index (χ0n) is 11.6. The third kappa shape index (κ3) is 4.30. The second-order valence-electron chi connectivity index (χ2n) is 5.74. The molecule has 3 nitrogen and oxygen atoms in total. The lowest BCUT2D eigenvalue weighted by Gasteiger charge is -2.41. The molecule has 0 unspecified atom stereocenters. The fourth-order valence-electron chi connectivity index (χ4n) is 2.66. The first kappa shape index (κ1) is 14.5. The normalized spacial score (nSPS) is 17.9. The van der Waals surface area contributed by atoms with E-state index in [1.807, 2.05) is 0 Å². The smallest absolute Gasteiger partial charge is 0.226 e. The third-order valence-electron chi connectivity index (χ3n) is 3.61. The maximum Gasteiger partial charge on any atom is 0.226 e. The van der Waals surface area contributed by atoms with E-state index in [-0.39, 0.29) is 11.3 Å². The third-order valence-corrected chi connectivity index (χ3v) is 3.61. The summed E-state index contributed by atoms with van der Waals surface area (Å²) in [6.07, 6.45) is 5.57. The van der Waals surface area contributed by atoms with E-state index in [0.717, 1.165) is 45.3 Å². The van der Waals surface area contributed by atoms with Crippen LogP contribution in [-0.4, -0.2) is 25.5 Å². The van der Waals surface area contributed by atoms with Crippen molar-refractivity contribution in [2.24, 2.45) is 11.3 Å². The van der Waals surface area contributed by atoms with Crippen molar-refractivity contribution in [2.75, 3.05) is 19.6 Å². The number of carbonyl (C=O) groups excluding carboxylic acids is 1. The molecule has 100 valence electrons. The average Bonchev–Trinajstić information content (AvgIpc) is 2.22. The highest BCUT2D eigenvalue weighted by Crippen LogP contribution is 2.45. The van der Waals surface area contributed by atoms with Crippen molar-refractivity contribution >= 4 is 5.91 Å². The molecule has 0 aromatic carbocycles. The van der Waals surface area contributed by atoms with Crippen molar-refractivity contribution in [3.63, 3.8) is 0 Å². The molecule has 1 saturated carbocycles. The molecule has 0 atom stereocenters. The van der Waals surface area contributed by atoms with Gasteiger partial charge < -0.3 is 10.6 Å². The van der Waals surface area contributed by atoms with Gasteiger partial charge in [-0.05, 0) is 38.1 Å². The van der Waals surface area contributed by atoms with Crippen LogP contribution < -0.4 is 10.6 Å². The minimum absolute atomic E-state index is 0.0288. The highest BCUT2D eigenvalue weighted by molar-refractivity contribution is 5.83. The molecule has 1 fully saturated rings. The summed E-state index contributed by atoms with van der Waals surface area (Å²) in [6.45, 7) is 9.24. The predicted octanol–water partition coefficient (Wildman–Crippen LogP) is 2.32. The number of hydrogen-bond donors (Lipinski definition) is 2. The van der Waals surface area contributed by atoms with Crippen molar-refractivity contribution in [1.29, 1.82) is 0 Å². The van der Waals surface area contributed by atoms with Gasteiger partial charge in [0.1, 0.15) is 0 Å². The van der Waals surface area contributed by atoms with E-state index in [0.29, 0.717) is 5.92 Å². The van der Waals surface area contributed by atoms with E-state index in [4.69, 9.17) is 0 Å². The zero-order valence-corrected chi connectivity index (χ0v) is 11.6. The molecular formula is C14H28N2O. The summed E-state index contributed by atoms with van der Waals surface area (Å²) in [6, 6.07) is 0. The minimum atomic E-state index is -0.0288. The lowest BCUT2D eigenvalue weighted by molar-refractivity contribution is -0.137. The van der Waals surface area contributed by atoms with Crippen LogP contribution in [0.25, 0.3) is 0 Å². The van der Waals surface area contributed by atoms with Crippen LogP contribution in [-0.2, 0) is 4.79 Å². The van der Waals surface area contributed by atoms with Gasteiger partial charge in [-0.2, -0.15) is 0 Å². The number of rotatable bonds is 8. The highest BCUT2D eigenvalue weighted by atomic mass is 16.2. The van der Waals surface area contributed by atoms with Gasteiger partial charge in [0.2, 0.25) is 5.91 Å². The molecule has 0 spiro atoms. The lowest BCUT2D eigenvalue weighted by atomic mass is 9.64. The molecule has 0 saturated heterocycles. The molecule has 3 heteroatoms. The Morgan fingerprint density at radius 3 is 2.41 bits per heavy atom. The molecule has 17 heavy (non-hydrogen) atoms. The monoisotopic (exact) mass is 240 g/mol. The summed E-state index contributed by atoms with van der Waals surface area (Å²) < 4.78 is 0. The summed E-state index contributed by atoms with van der Waals surface area (Å²) in [7, 11) is 0. The van der Waals surface area contributed by atoms with E-state index in [9.17, 15) is 4.79 Å². The van der Waals surface area contributed by atoms with E-state index in [1.165, 1.54) is 6.42 Å². The Hall–Kier alpha value is -0.570. The van der Waals surface area contributed by atoms with Gasteiger partial charge in [-0.3, -0.25) is 4.79 Å². The van der Waals surface area contributed by atoms with Crippen LogP contribution in [0.1, 0.15) is 52.9 Å². The minimum Gasteiger partial charge on any atom is -0.354 e. The molecule has 0 heterocycles. The molecule has 0 radical (unpaired) electrons. The molecule has 1 amide bonds. The van der Waals surface area contributed by atoms with Crippen molar-refractivity contribution < 1.29 is 4.79 Å². The van der Waals surface area contributed by atoms with E-state index < -0.39 is 0 Å². The van der Waals surface area contributed by atoms with Gasteiger partial charge in [-0.1, -0.05) is 27.2 Å². The van der Waals surface area contributed by atoms with Crippen LogP contribution in [0.15, 0.2) is 0 Å². The molecule has 1 rings (SSSR count). The molecule has 1 aliphatic rings. The molecule has 0 aromatic rings. The Morgan fingerprint density at radius 2 is 1.94 bits per heavy atom. The van der Waals surface area contributed by atoms with Gasteiger partial charge in [-0.25, -0.2) is 0 Å². The maximum absolute atomic E-state index is 12.2. The Bertz CT molecular complexity index is 234. The molecule has 1 aliphatic carbocycles. The number of hydrogen-bond acceptors (Lipinski definition) is 2. The Labute approximate surface area is 106 Å². The van der Waals surface area contributed by atoms with Crippen LogP contribution in [0.4, 0.5) is 0 Å². The molecular weight excluding hydrogens is 212 g/mol. The standard InChI is InChI=1S/C14H28N2O/c1-4-8-15-9-10-16-13(17)14(6-5-7-14)11-12(2)3/h12,15H,4-11H2,1-3H3,(H,16,17). The van der Waals surface area contributed by atoms with Crippen molar-refractivity contribution in [1.82, 2.24) is 10.6 Å². The van der Waals surface area contributed by atoms with E-state index in [2.05, 4.69) is 31.4 Å². The summed E-state index contributed by atoms with van der Waals surface area (Å²) in [5, 5.41) is 6.39. The van der Waals surface area contributed by atoms with Crippen molar-refractivity contribution in [2.45, 2.75) is 52.9 Å². The second kappa shape index (κ2) is 7.00. The van der Waals surface area contributed by atoms with Crippen molar-refractivity contribution in [3.8, 4) is 0 Å². The predicted molar refractivity (Wildman–Crippen MR) is 71.9 cm³/mol. The van der Waals surface area contributed by atoms with Crippen LogP contribution in [0.2, 0.25) is 0 Å². The van der Waals surface area contributed by atoms with E-state index in [1.54, 1.807) is 0 Å². The Kier molecular flexibility index (Phi) is 5.96. The van der Waals surface area contributed by atoms with Crippen LogP contribution in [0.3, 0.4) is 0 Å². The molecule has 2 N–H and O–H groups in total. The molecule has 0 bridgehead atoms. The lowest BCUT2D eigenvalue weighted by Crippen LogP contribution is -2.47. The number of carbonyl (C=O) groups is 1. The molecule has 0 aromatic heterocycles. The first-order chi connectivity index (χ1) is 8.10. The van der Waals surface area contributed by atoms with Gasteiger partial charge in [0.25, 0.3) is 0 Å². The van der Waals surface area contributed by atoms with Gasteiger partial charge in [0.05, 0.1) is 0 Å².